The maximum atomic E-state index is 12.7. The van der Waals surface area contributed by atoms with E-state index in [4.69, 9.17) is 0 Å². The highest BCUT2D eigenvalue weighted by Crippen LogP contribution is 2.35. The van der Waals surface area contributed by atoms with Gasteiger partial charge in [0.15, 0.2) is 5.82 Å². The van der Waals surface area contributed by atoms with Crippen molar-refractivity contribution in [3.05, 3.63) is 49.4 Å². The van der Waals surface area contributed by atoms with Gasteiger partial charge in [0, 0.05) is 4.47 Å². The van der Waals surface area contributed by atoms with E-state index in [0.717, 1.165) is 18.5 Å². The zero-order valence-electron chi connectivity index (χ0n) is 9.55. The lowest BCUT2D eigenvalue weighted by Gasteiger charge is -2.12. The van der Waals surface area contributed by atoms with Crippen LogP contribution in [0.25, 0.3) is 0 Å². The first-order valence-corrected chi connectivity index (χ1v) is 6.74. The van der Waals surface area contributed by atoms with E-state index < -0.39 is 17.3 Å². The van der Waals surface area contributed by atoms with Crippen molar-refractivity contribution in [2.24, 2.45) is 0 Å². The summed E-state index contributed by atoms with van der Waals surface area (Å²) >= 11 is 6.15. The van der Waals surface area contributed by atoms with E-state index in [9.17, 15) is 18.0 Å². The van der Waals surface area contributed by atoms with Crippen LogP contribution in [0, 0.1) is 0 Å². The maximum absolute atomic E-state index is 12.7. The second-order valence-electron chi connectivity index (χ2n) is 3.71. The van der Waals surface area contributed by atoms with Crippen molar-refractivity contribution < 1.29 is 13.2 Å². The molecule has 106 valence electrons. The molecule has 0 fully saturated rings. The quantitative estimate of drug-likeness (QED) is 0.782. The van der Waals surface area contributed by atoms with Crippen LogP contribution in [0.2, 0.25) is 0 Å². The van der Waals surface area contributed by atoms with E-state index in [1.807, 2.05) is 0 Å². The summed E-state index contributed by atoms with van der Waals surface area (Å²) in [5, 5.41) is 2.67. The molecule has 0 radical (unpaired) electrons. The van der Waals surface area contributed by atoms with E-state index >= 15 is 0 Å². The Kier molecular flexibility index (Phi) is 4.19. The second-order valence-corrected chi connectivity index (χ2v) is 5.36. The van der Waals surface area contributed by atoms with Gasteiger partial charge < -0.3 is 10.3 Å². The van der Waals surface area contributed by atoms with E-state index in [0.29, 0.717) is 4.47 Å². The summed E-state index contributed by atoms with van der Waals surface area (Å²) in [7, 11) is 0. The molecule has 1 aromatic carbocycles. The minimum absolute atomic E-state index is 0.101. The molecule has 2 N–H and O–H groups in total. The third-order valence-electron chi connectivity index (χ3n) is 2.34. The number of alkyl halides is 3. The number of halogens is 5. The normalized spacial score (nSPS) is 11.4. The molecule has 2 rings (SSSR count). The summed E-state index contributed by atoms with van der Waals surface area (Å²) in [5.74, 6) is 0.119. The fourth-order valence-electron chi connectivity index (χ4n) is 1.40. The van der Waals surface area contributed by atoms with Crippen molar-refractivity contribution in [1.82, 2.24) is 9.97 Å². The molecule has 0 aliphatic heterocycles. The molecule has 0 unspecified atom stereocenters. The number of anilines is 2. The molecule has 0 spiro atoms. The fraction of sp³-hybridized carbons (Fsp3) is 0.0909. The Morgan fingerprint density at radius 3 is 2.60 bits per heavy atom. The summed E-state index contributed by atoms with van der Waals surface area (Å²) < 4.78 is 38.5. The standard InChI is InChI=1S/C11H6Br2F3N3O/c12-6-2-1-5(11(14,15)16)3-7(6)19-9-8(13)10(20)18-4-17-9/h1-4H,(H2,17,18,19,20). The first kappa shape index (κ1) is 15.0. The van der Waals surface area contributed by atoms with Crippen LogP contribution in [-0.4, -0.2) is 9.97 Å². The topological polar surface area (TPSA) is 57.8 Å². The largest absolute Gasteiger partial charge is 0.416 e. The van der Waals surface area contributed by atoms with E-state index in [1.165, 1.54) is 6.07 Å². The zero-order chi connectivity index (χ0) is 14.9. The highest BCUT2D eigenvalue weighted by atomic mass is 79.9. The highest BCUT2D eigenvalue weighted by Gasteiger charge is 2.31. The fourth-order valence-corrected chi connectivity index (χ4v) is 2.06. The summed E-state index contributed by atoms with van der Waals surface area (Å²) in [6, 6.07) is 3.15. The van der Waals surface area contributed by atoms with Crippen molar-refractivity contribution in [2.75, 3.05) is 5.32 Å². The van der Waals surface area contributed by atoms with Crippen LogP contribution in [0.3, 0.4) is 0 Å². The molecule has 0 saturated carbocycles. The molecular formula is C11H6Br2F3N3O. The van der Waals surface area contributed by atoms with Crippen LogP contribution in [-0.2, 0) is 6.18 Å². The average molecular weight is 413 g/mol. The lowest BCUT2D eigenvalue weighted by atomic mass is 10.2. The number of aromatic amines is 1. The number of rotatable bonds is 2. The number of nitrogens with zero attached hydrogens (tertiary/aromatic N) is 1. The van der Waals surface area contributed by atoms with Gasteiger partial charge in [0.2, 0.25) is 0 Å². The average Bonchev–Trinajstić information content (AvgIpc) is 2.36. The third kappa shape index (κ3) is 3.21. The Morgan fingerprint density at radius 2 is 1.95 bits per heavy atom. The zero-order valence-corrected chi connectivity index (χ0v) is 12.7. The van der Waals surface area contributed by atoms with Crippen molar-refractivity contribution in [2.45, 2.75) is 6.18 Å². The molecule has 9 heteroatoms. The van der Waals surface area contributed by atoms with Crippen LogP contribution >= 0.6 is 31.9 Å². The molecule has 0 aliphatic rings. The summed E-state index contributed by atoms with van der Waals surface area (Å²) in [6.45, 7) is 0. The number of H-pyrrole nitrogens is 1. The molecule has 1 aromatic heterocycles. The summed E-state index contributed by atoms with van der Waals surface area (Å²) in [4.78, 5) is 17.5. The van der Waals surface area contributed by atoms with Crippen LogP contribution in [0.4, 0.5) is 24.7 Å². The molecule has 20 heavy (non-hydrogen) atoms. The number of hydrogen-bond acceptors (Lipinski definition) is 3. The predicted octanol–water partition coefficient (Wildman–Crippen LogP) is 4.06. The summed E-state index contributed by atoms with van der Waals surface area (Å²) in [6.07, 6.45) is -3.30. The smallest absolute Gasteiger partial charge is 0.338 e. The Labute approximate surface area is 127 Å². The monoisotopic (exact) mass is 411 g/mol. The molecule has 0 bridgehead atoms. The minimum atomic E-state index is -4.45. The molecular weight excluding hydrogens is 407 g/mol. The van der Waals surface area contributed by atoms with Gasteiger partial charge in [-0.05, 0) is 50.1 Å². The van der Waals surface area contributed by atoms with Crippen LogP contribution < -0.4 is 10.9 Å². The molecule has 4 nitrogen and oxygen atoms in total. The molecule has 1 heterocycles. The number of nitrogens with one attached hydrogen (secondary N) is 2. The van der Waals surface area contributed by atoms with Crippen molar-refractivity contribution >= 4 is 43.4 Å². The maximum Gasteiger partial charge on any atom is 0.416 e. The Morgan fingerprint density at radius 1 is 1.25 bits per heavy atom. The Bertz CT molecular complexity index is 700. The van der Waals surface area contributed by atoms with E-state index in [1.54, 1.807) is 0 Å². The molecule has 0 amide bonds. The van der Waals surface area contributed by atoms with E-state index in [2.05, 4.69) is 47.1 Å². The van der Waals surface area contributed by atoms with Crippen LogP contribution in [0.15, 0.2) is 38.3 Å². The highest BCUT2D eigenvalue weighted by molar-refractivity contribution is 9.11. The number of aromatic nitrogens is 2. The summed E-state index contributed by atoms with van der Waals surface area (Å²) in [5.41, 5.74) is -1.09. The van der Waals surface area contributed by atoms with Crippen LogP contribution in [0.5, 0.6) is 0 Å². The van der Waals surface area contributed by atoms with Crippen molar-refractivity contribution in [1.29, 1.82) is 0 Å². The number of benzene rings is 1. The van der Waals surface area contributed by atoms with Gasteiger partial charge in [-0.1, -0.05) is 0 Å². The third-order valence-corrected chi connectivity index (χ3v) is 3.77. The van der Waals surface area contributed by atoms with Gasteiger partial charge >= 0.3 is 6.18 Å². The Hall–Kier alpha value is -1.35. The molecule has 0 atom stereocenters. The number of hydrogen-bond donors (Lipinski definition) is 2. The van der Waals surface area contributed by atoms with Gasteiger partial charge in [0.05, 0.1) is 17.6 Å². The SMILES string of the molecule is O=c1[nH]cnc(Nc2cc(C(F)(F)F)ccc2Br)c1Br. The first-order valence-electron chi connectivity index (χ1n) is 5.16. The van der Waals surface area contributed by atoms with E-state index in [-0.39, 0.29) is 16.0 Å². The lowest BCUT2D eigenvalue weighted by Crippen LogP contribution is -2.11. The lowest BCUT2D eigenvalue weighted by molar-refractivity contribution is -0.137. The van der Waals surface area contributed by atoms with Gasteiger partial charge in [-0.3, -0.25) is 4.79 Å². The second kappa shape index (κ2) is 5.57. The molecule has 0 saturated heterocycles. The van der Waals surface area contributed by atoms with Gasteiger partial charge in [0.1, 0.15) is 4.47 Å². The van der Waals surface area contributed by atoms with Gasteiger partial charge in [0.25, 0.3) is 5.56 Å². The Balaban J connectivity index is 2.43. The minimum Gasteiger partial charge on any atom is -0.338 e. The van der Waals surface area contributed by atoms with Gasteiger partial charge in [-0.15, -0.1) is 0 Å². The predicted molar refractivity (Wildman–Crippen MR) is 75.0 cm³/mol. The van der Waals surface area contributed by atoms with Crippen LogP contribution in [0.1, 0.15) is 5.56 Å². The van der Waals surface area contributed by atoms with Crippen molar-refractivity contribution in [3.8, 4) is 0 Å². The molecule has 0 aliphatic carbocycles. The van der Waals surface area contributed by atoms with Crippen molar-refractivity contribution in [3.63, 3.8) is 0 Å². The molecule has 2 aromatic rings. The van der Waals surface area contributed by atoms with Gasteiger partial charge in [-0.25, -0.2) is 4.98 Å². The van der Waals surface area contributed by atoms with Gasteiger partial charge in [-0.2, -0.15) is 13.2 Å². The first-order chi connectivity index (χ1) is 9.29.